The summed E-state index contributed by atoms with van der Waals surface area (Å²) < 4.78 is 10.3. The number of rotatable bonds is 5. The van der Waals surface area contributed by atoms with E-state index >= 15 is 0 Å². The first-order chi connectivity index (χ1) is 10.1. The second-order valence-corrected chi connectivity index (χ2v) is 4.80. The largest absolute Gasteiger partial charge is 0.493 e. The number of ether oxygens (including phenoxy) is 2. The molecule has 0 aliphatic carbocycles. The molecule has 21 heavy (non-hydrogen) atoms. The Hall–Kier alpha value is -2.21. The Bertz CT molecular complexity index is 629. The zero-order valence-corrected chi connectivity index (χ0v) is 12.8. The van der Waals surface area contributed by atoms with Crippen LogP contribution in [0.4, 0.5) is 0 Å². The first kappa shape index (κ1) is 15.2. The van der Waals surface area contributed by atoms with Gasteiger partial charge in [-0.2, -0.15) is 0 Å². The van der Waals surface area contributed by atoms with E-state index in [4.69, 9.17) is 21.1 Å². The predicted octanol–water partition coefficient (Wildman–Crippen LogP) is 2.35. The lowest BCUT2D eigenvalue weighted by molar-refractivity contribution is 0.0781. The van der Waals surface area contributed by atoms with Gasteiger partial charge in [0.1, 0.15) is 5.82 Å². The Balaban J connectivity index is 2.24. The van der Waals surface area contributed by atoms with Crippen molar-refractivity contribution >= 4 is 17.5 Å². The minimum atomic E-state index is -0.186. The van der Waals surface area contributed by atoms with E-state index in [-0.39, 0.29) is 5.91 Å². The van der Waals surface area contributed by atoms with E-state index in [1.807, 2.05) is 0 Å². The van der Waals surface area contributed by atoms with Gasteiger partial charge in [-0.25, -0.2) is 4.98 Å². The maximum absolute atomic E-state index is 12.4. The summed E-state index contributed by atoms with van der Waals surface area (Å²) in [5.74, 6) is 1.34. The lowest BCUT2D eigenvalue weighted by Crippen LogP contribution is -2.26. The van der Waals surface area contributed by atoms with Crippen molar-refractivity contribution in [2.45, 2.75) is 6.54 Å². The number of halogens is 1. The summed E-state index contributed by atoms with van der Waals surface area (Å²) in [7, 11) is 4.68. The number of aromatic amines is 1. The SMILES string of the molecule is COc1cc(C(=O)N(C)Cc2ncc[nH]2)cc(Cl)c1OC. The van der Waals surface area contributed by atoms with Crippen LogP contribution in [0.15, 0.2) is 24.5 Å². The number of amides is 1. The molecule has 2 aromatic rings. The van der Waals surface area contributed by atoms with Crippen molar-refractivity contribution in [2.24, 2.45) is 0 Å². The molecule has 0 fully saturated rings. The number of aromatic nitrogens is 2. The van der Waals surface area contributed by atoms with Crippen LogP contribution < -0.4 is 9.47 Å². The number of hydrogen-bond acceptors (Lipinski definition) is 4. The summed E-state index contributed by atoms with van der Waals surface area (Å²) in [5.41, 5.74) is 0.423. The lowest BCUT2D eigenvalue weighted by atomic mass is 10.1. The molecule has 0 unspecified atom stereocenters. The average Bonchev–Trinajstić information content (AvgIpc) is 2.98. The quantitative estimate of drug-likeness (QED) is 0.920. The van der Waals surface area contributed by atoms with Crippen LogP contribution in [0.1, 0.15) is 16.2 Å². The van der Waals surface area contributed by atoms with Crippen molar-refractivity contribution in [3.05, 3.63) is 40.9 Å². The third-order valence-electron chi connectivity index (χ3n) is 2.97. The summed E-state index contributed by atoms with van der Waals surface area (Å²) in [6, 6.07) is 3.16. The fourth-order valence-electron chi connectivity index (χ4n) is 1.94. The highest BCUT2D eigenvalue weighted by Gasteiger charge is 2.18. The standard InChI is InChI=1S/C14H16ClN3O3/c1-18(8-12-16-4-5-17-12)14(19)9-6-10(15)13(21-3)11(7-9)20-2/h4-7H,8H2,1-3H3,(H,16,17). The maximum atomic E-state index is 12.4. The van der Waals surface area contributed by atoms with Crippen LogP contribution in [-0.4, -0.2) is 42.0 Å². The third-order valence-corrected chi connectivity index (χ3v) is 3.25. The summed E-state index contributed by atoms with van der Waals surface area (Å²) in [6.45, 7) is 0.373. The predicted molar refractivity (Wildman–Crippen MR) is 78.9 cm³/mol. The van der Waals surface area contributed by atoms with E-state index < -0.39 is 0 Å². The molecular weight excluding hydrogens is 294 g/mol. The molecule has 0 aliphatic rings. The molecule has 0 aliphatic heterocycles. The number of nitrogens with one attached hydrogen (secondary N) is 1. The van der Waals surface area contributed by atoms with Crippen LogP contribution in [-0.2, 0) is 6.54 Å². The zero-order valence-electron chi connectivity index (χ0n) is 12.0. The Morgan fingerprint density at radius 2 is 2.14 bits per heavy atom. The Morgan fingerprint density at radius 1 is 1.38 bits per heavy atom. The van der Waals surface area contributed by atoms with E-state index in [0.717, 1.165) is 0 Å². The van der Waals surface area contributed by atoms with Crippen molar-refractivity contribution in [1.82, 2.24) is 14.9 Å². The molecule has 0 bridgehead atoms. The molecular formula is C14H16ClN3O3. The molecule has 6 nitrogen and oxygen atoms in total. The first-order valence-corrected chi connectivity index (χ1v) is 6.59. The summed E-state index contributed by atoms with van der Waals surface area (Å²) >= 11 is 6.11. The fourth-order valence-corrected chi connectivity index (χ4v) is 2.23. The van der Waals surface area contributed by atoms with Gasteiger partial charge in [0.2, 0.25) is 0 Å². The molecule has 112 valence electrons. The Morgan fingerprint density at radius 3 is 2.71 bits per heavy atom. The highest BCUT2D eigenvalue weighted by Crippen LogP contribution is 2.36. The van der Waals surface area contributed by atoms with Gasteiger partial charge in [0.15, 0.2) is 11.5 Å². The molecule has 1 amide bonds. The van der Waals surface area contributed by atoms with Gasteiger partial charge in [-0.05, 0) is 12.1 Å². The van der Waals surface area contributed by atoms with Gasteiger partial charge < -0.3 is 19.4 Å². The van der Waals surface area contributed by atoms with Gasteiger partial charge in [0.05, 0.1) is 25.8 Å². The van der Waals surface area contributed by atoms with Crippen LogP contribution in [0.5, 0.6) is 11.5 Å². The van der Waals surface area contributed by atoms with Crippen molar-refractivity contribution in [3.63, 3.8) is 0 Å². The highest BCUT2D eigenvalue weighted by atomic mass is 35.5. The first-order valence-electron chi connectivity index (χ1n) is 6.22. The van der Waals surface area contributed by atoms with Gasteiger partial charge in [-0.15, -0.1) is 0 Å². The molecule has 7 heteroatoms. The van der Waals surface area contributed by atoms with Gasteiger partial charge >= 0.3 is 0 Å². The Kier molecular flexibility index (Phi) is 4.70. The molecule has 0 atom stereocenters. The van der Waals surface area contributed by atoms with Crippen molar-refractivity contribution in [1.29, 1.82) is 0 Å². The van der Waals surface area contributed by atoms with Crippen LogP contribution in [0.25, 0.3) is 0 Å². The van der Waals surface area contributed by atoms with Crippen molar-refractivity contribution in [3.8, 4) is 11.5 Å². The number of H-pyrrole nitrogens is 1. The van der Waals surface area contributed by atoms with E-state index in [9.17, 15) is 4.79 Å². The number of benzene rings is 1. The molecule has 1 N–H and O–H groups in total. The minimum Gasteiger partial charge on any atom is -0.493 e. The molecule has 0 saturated carbocycles. The van der Waals surface area contributed by atoms with Crippen molar-refractivity contribution in [2.75, 3.05) is 21.3 Å². The molecule has 0 saturated heterocycles. The molecule has 0 radical (unpaired) electrons. The zero-order chi connectivity index (χ0) is 15.4. The van der Waals surface area contributed by atoms with Gasteiger partial charge in [0, 0.05) is 25.0 Å². The molecule has 2 rings (SSSR count). The third kappa shape index (κ3) is 3.28. The molecule has 0 spiro atoms. The van der Waals surface area contributed by atoms with Crippen LogP contribution in [0, 0.1) is 0 Å². The summed E-state index contributed by atoms with van der Waals surface area (Å²) in [4.78, 5) is 21.0. The van der Waals surface area contributed by atoms with E-state index in [0.29, 0.717) is 34.5 Å². The number of imidazole rings is 1. The van der Waals surface area contributed by atoms with E-state index in [1.165, 1.54) is 19.1 Å². The number of hydrogen-bond donors (Lipinski definition) is 1. The highest BCUT2D eigenvalue weighted by molar-refractivity contribution is 6.32. The molecule has 1 aromatic heterocycles. The van der Waals surface area contributed by atoms with Crippen LogP contribution in [0.3, 0.4) is 0 Å². The second-order valence-electron chi connectivity index (χ2n) is 4.39. The van der Waals surface area contributed by atoms with Crippen molar-refractivity contribution < 1.29 is 14.3 Å². The van der Waals surface area contributed by atoms with E-state index in [1.54, 1.807) is 31.6 Å². The van der Waals surface area contributed by atoms with Gasteiger partial charge in [-0.1, -0.05) is 11.6 Å². The van der Waals surface area contributed by atoms with Crippen LogP contribution >= 0.6 is 11.6 Å². The average molecular weight is 310 g/mol. The summed E-state index contributed by atoms with van der Waals surface area (Å²) in [5, 5.41) is 0.326. The monoisotopic (exact) mass is 309 g/mol. The second kappa shape index (κ2) is 6.49. The number of nitrogens with zero attached hydrogens (tertiary/aromatic N) is 2. The fraction of sp³-hybridized carbons (Fsp3) is 0.286. The normalized spacial score (nSPS) is 10.3. The molecule has 1 aromatic carbocycles. The topological polar surface area (TPSA) is 67.5 Å². The summed E-state index contributed by atoms with van der Waals surface area (Å²) in [6.07, 6.45) is 3.35. The number of methoxy groups -OCH3 is 2. The van der Waals surface area contributed by atoms with E-state index in [2.05, 4.69) is 9.97 Å². The van der Waals surface area contributed by atoms with Gasteiger partial charge in [0.25, 0.3) is 5.91 Å². The maximum Gasteiger partial charge on any atom is 0.254 e. The Labute approximate surface area is 127 Å². The van der Waals surface area contributed by atoms with Crippen LogP contribution in [0.2, 0.25) is 5.02 Å². The van der Waals surface area contributed by atoms with Gasteiger partial charge in [-0.3, -0.25) is 4.79 Å². The minimum absolute atomic E-state index is 0.186. The smallest absolute Gasteiger partial charge is 0.254 e. The molecule has 1 heterocycles. The number of carbonyl (C=O) groups is 1. The lowest BCUT2D eigenvalue weighted by Gasteiger charge is -2.17. The number of carbonyl (C=O) groups excluding carboxylic acids is 1.